The predicted octanol–water partition coefficient (Wildman–Crippen LogP) is 2.04. The average molecular weight is 194 g/mol. The summed E-state index contributed by atoms with van der Waals surface area (Å²) >= 11 is 1.62. The predicted molar refractivity (Wildman–Crippen MR) is 51.7 cm³/mol. The van der Waals surface area contributed by atoms with Gasteiger partial charge in [-0.2, -0.15) is 0 Å². The summed E-state index contributed by atoms with van der Waals surface area (Å²) in [6.07, 6.45) is 3.54. The fraction of sp³-hybridized carbons (Fsp3) is 0.222. The summed E-state index contributed by atoms with van der Waals surface area (Å²) in [6.45, 7) is 0. The van der Waals surface area contributed by atoms with Gasteiger partial charge in [-0.25, -0.2) is 0 Å². The molecule has 2 heterocycles. The number of nitrogens with one attached hydrogen (secondary N) is 1. The molecule has 2 aromatic rings. The number of thiazole rings is 1. The quantitative estimate of drug-likeness (QED) is 0.812. The molecule has 1 unspecified atom stereocenters. The highest BCUT2D eigenvalue weighted by atomic mass is 32.1. The zero-order valence-corrected chi connectivity index (χ0v) is 8.04. The van der Waals surface area contributed by atoms with Gasteiger partial charge in [0.15, 0.2) is 0 Å². The van der Waals surface area contributed by atoms with E-state index < -0.39 is 0 Å². The van der Waals surface area contributed by atoms with Crippen LogP contribution in [-0.4, -0.2) is 12.0 Å². The number of furan rings is 1. The van der Waals surface area contributed by atoms with E-state index in [0.717, 1.165) is 10.6 Å². The second kappa shape index (κ2) is 3.72. The number of hydrogen-bond acceptors (Lipinski definition) is 4. The normalized spacial score (nSPS) is 13.0. The highest BCUT2D eigenvalue weighted by Gasteiger charge is 2.15. The van der Waals surface area contributed by atoms with Crippen LogP contribution >= 0.6 is 11.3 Å². The molecule has 4 heteroatoms. The Labute approximate surface area is 80.4 Å². The van der Waals surface area contributed by atoms with Crippen molar-refractivity contribution in [1.29, 1.82) is 0 Å². The summed E-state index contributed by atoms with van der Waals surface area (Å²) < 4.78 is 5.33. The number of aromatic nitrogens is 1. The van der Waals surface area contributed by atoms with Crippen LogP contribution in [-0.2, 0) is 0 Å². The first-order valence-corrected chi connectivity index (χ1v) is 4.89. The second-order valence-corrected chi connectivity index (χ2v) is 3.56. The molecule has 1 N–H and O–H groups in total. The molecule has 0 amide bonds. The molecule has 0 saturated carbocycles. The molecular weight excluding hydrogens is 184 g/mol. The Balaban J connectivity index is 2.29. The van der Waals surface area contributed by atoms with Crippen molar-refractivity contribution >= 4 is 11.3 Å². The number of rotatable bonds is 3. The maximum atomic E-state index is 5.33. The van der Waals surface area contributed by atoms with Crippen LogP contribution in [0.5, 0.6) is 0 Å². The molecule has 0 fully saturated rings. The molecule has 0 saturated heterocycles. The molecule has 0 radical (unpaired) electrons. The van der Waals surface area contributed by atoms with Gasteiger partial charge in [-0.1, -0.05) is 0 Å². The van der Waals surface area contributed by atoms with Gasteiger partial charge >= 0.3 is 0 Å². The fourth-order valence-electron chi connectivity index (χ4n) is 1.25. The Bertz CT molecular complexity index is 307. The molecule has 68 valence electrons. The van der Waals surface area contributed by atoms with Crippen LogP contribution in [0.25, 0.3) is 0 Å². The van der Waals surface area contributed by atoms with E-state index in [4.69, 9.17) is 4.42 Å². The van der Waals surface area contributed by atoms with Crippen LogP contribution in [0.4, 0.5) is 0 Å². The maximum absolute atomic E-state index is 5.33. The largest absolute Gasteiger partial charge is 0.467 e. The van der Waals surface area contributed by atoms with Crippen molar-refractivity contribution in [3.05, 3.63) is 40.7 Å². The zero-order chi connectivity index (χ0) is 9.10. The van der Waals surface area contributed by atoms with Gasteiger partial charge in [-0.15, -0.1) is 11.3 Å². The van der Waals surface area contributed by atoms with Crippen molar-refractivity contribution in [1.82, 2.24) is 10.3 Å². The van der Waals surface area contributed by atoms with Crippen molar-refractivity contribution in [2.45, 2.75) is 6.04 Å². The highest BCUT2D eigenvalue weighted by Crippen LogP contribution is 2.24. The van der Waals surface area contributed by atoms with E-state index in [1.165, 1.54) is 0 Å². The maximum Gasteiger partial charge on any atom is 0.126 e. The van der Waals surface area contributed by atoms with E-state index in [0.29, 0.717) is 0 Å². The van der Waals surface area contributed by atoms with Crippen molar-refractivity contribution in [3.63, 3.8) is 0 Å². The average Bonchev–Trinajstić information content (AvgIpc) is 2.76. The first kappa shape index (κ1) is 8.47. The standard InChI is InChI=1S/C9H10N2OS/c1-10-9(7-3-2-4-12-7)8-5-11-6-13-8/h2-6,9-10H,1H3. The van der Waals surface area contributed by atoms with Crippen LogP contribution in [0.2, 0.25) is 0 Å². The van der Waals surface area contributed by atoms with Crippen LogP contribution in [0.15, 0.2) is 34.5 Å². The fourth-order valence-corrected chi connectivity index (χ4v) is 1.98. The van der Waals surface area contributed by atoms with Gasteiger partial charge in [0.2, 0.25) is 0 Å². The molecule has 0 bridgehead atoms. The monoisotopic (exact) mass is 194 g/mol. The van der Waals surface area contributed by atoms with Crippen LogP contribution < -0.4 is 5.32 Å². The topological polar surface area (TPSA) is 38.1 Å². The first-order valence-electron chi connectivity index (χ1n) is 4.01. The molecular formula is C9H10N2OS. The third-order valence-corrected chi connectivity index (χ3v) is 2.69. The van der Waals surface area contributed by atoms with Crippen molar-refractivity contribution in [2.75, 3.05) is 7.05 Å². The SMILES string of the molecule is CNC(c1ccco1)c1cncs1. The Hall–Kier alpha value is -1.13. The van der Waals surface area contributed by atoms with E-state index >= 15 is 0 Å². The molecule has 0 spiro atoms. The lowest BCUT2D eigenvalue weighted by Crippen LogP contribution is -2.15. The van der Waals surface area contributed by atoms with Gasteiger partial charge in [-0.3, -0.25) is 4.98 Å². The molecule has 0 aliphatic heterocycles. The molecule has 0 aliphatic rings. The second-order valence-electron chi connectivity index (χ2n) is 2.64. The molecule has 2 rings (SSSR count). The molecule has 13 heavy (non-hydrogen) atoms. The van der Waals surface area contributed by atoms with E-state index in [1.807, 2.05) is 30.9 Å². The lowest BCUT2D eigenvalue weighted by molar-refractivity contribution is 0.466. The molecule has 3 nitrogen and oxygen atoms in total. The van der Waals surface area contributed by atoms with E-state index in [2.05, 4.69) is 10.3 Å². The molecule has 2 aromatic heterocycles. The summed E-state index contributed by atoms with van der Waals surface area (Å²) in [5.74, 6) is 0.923. The first-order chi connectivity index (χ1) is 6.42. The Morgan fingerprint density at radius 2 is 2.54 bits per heavy atom. The lowest BCUT2D eigenvalue weighted by Gasteiger charge is -2.09. The highest BCUT2D eigenvalue weighted by molar-refractivity contribution is 7.09. The van der Waals surface area contributed by atoms with Gasteiger partial charge in [0, 0.05) is 11.1 Å². The summed E-state index contributed by atoms with van der Waals surface area (Å²) in [5.41, 5.74) is 1.82. The van der Waals surface area contributed by atoms with Crippen LogP contribution in [0.1, 0.15) is 16.7 Å². The molecule has 0 aliphatic carbocycles. The Morgan fingerprint density at radius 3 is 3.08 bits per heavy atom. The number of nitrogens with zero attached hydrogens (tertiary/aromatic N) is 1. The smallest absolute Gasteiger partial charge is 0.126 e. The molecule has 1 atom stereocenters. The minimum absolute atomic E-state index is 0.127. The summed E-state index contributed by atoms with van der Waals surface area (Å²) in [5, 5.41) is 3.18. The minimum atomic E-state index is 0.127. The van der Waals surface area contributed by atoms with Crippen molar-refractivity contribution in [3.8, 4) is 0 Å². The van der Waals surface area contributed by atoms with E-state index in [1.54, 1.807) is 17.6 Å². The van der Waals surface area contributed by atoms with Crippen LogP contribution in [0, 0.1) is 0 Å². The Morgan fingerprint density at radius 1 is 1.62 bits per heavy atom. The minimum Gasteiger partial charge on any atom is -0.467 e. The van der Waals surface area contributed by atoms with Crippen LogP contribution in [0.3, 0.4) is 0 Å². The van der Waals surface area contributed by atoms with Crippen molar-refractivity contribution in [2.24, 2.45) is 0 Å². The molecule has 0 aromatic carbocycles. The summed E-state index contributed by atoms with van der Waals surface area (Å²) in [6, 6.07) is 3.98. The van der Waals surface area contributed by atoms with Gasteiger partial charge in [0.25, 0.3) is 0 Å². The summed E-state index contributed by atoms with van der Waals surface area (Å²) in [7, 11) is 1.91. The van der Waals surface area contributed by atoms with Gasteiger partial charge in [-0.05, 0) is 19.2 Å². The van der Waals surface area contributed by atoms with Gasteiger partial charge < -0.3 is 9.73 Å². The van der Waals surface area contributed by atoms with Crippen molar-refractivity contribution < 1.29 is 4.42 Å². The Kier molecular flexibility index (Phi) is 2.42. The van der Waals surface area contributed by atoms with E-state index in [9.17, 15) is 0 Å². The zero-order valence-electron chi connectivity index (χ0n) is 7.23. The van der Waals surface area contributed by atoms with Gasteiger partial charge in [0.1, 0.15) is 11.8 Å². The summed E-state index contributed by atoms with van der Waals surface area (Å²) in [4.78, 5) is 5.20. The van der Waals surface area contributed by atoms with E-state index in [-0.39, 0.29) is 6.04 Å². The van der Waals surface area contributed by atoms with Gasteiger partial charge in [0.05, 0.1) is 11.8 Å². The third-order valence-electron chi connectivity index (χ3n) is 1.85. The number of hydrogen-bond donors (Lipinski definition) is 1. The third kappa shape index (κ3) is 1.64. The lowest BCUT2D eigenvalue weighted by atomic mass is 10.2.